The molecule has 3 aliphatic heterocycles. The van der Waals surface area contributed by atoms with Crippen LogP contribution in [0.15, 0.2) is 30.3 Å². The number of carbonyl (C=O) groups excluding carboxylic acids is 1. The fourth-order valence-corrected chi connectivity index (χ4v) is 4.72. The number of hydrogen-bond acceptors (Lipinski definition) is 4. The molecule has 0 spiro atoms. The highest BCUT2D eigenvalue weighted by Crippen LogP contribution is 2.22. The average Bonchev–Trinajstić information content (AvgIpc) is 2.75. The van der Waals surface area contributed by atoms with E-state index in [0.29, 0.717) is 6.04 Å². The molecule has 1 unspecified atom stereocenters. The largest absolute Gasteiger partial charge is 0.368 e. The summed E-state index contributed by atoms with van der Waals surface area (Å²) in [7, 11) is 0. The van der Waals surface area contributed by atoms with Gasteiger partial charge in [-0.25, -0.2) is 0 Å². The highest BCUT2D eigenvalue weighted by molar-refractivity contribution is 5.81. The van der Waals surface area contributed by atoms with Gasteiger partial charge in [0, 0.05) is 58.5 Å². The Morgan fingerprint density at radius 1 is 0.926 bits per heavy atom. The van der Waals surface area contributed by atoms with Crippen molar-refractivity contribution < 1.29 is 9.53 Å². The smallest absolute Gasteiger partial charge is 0.251 e. The number of piperidine rings is 1. The lowest BCUT2D eigenvalue weighted by Crippen LogP contribution is -2.54. The van der Waals surface area contributed by atoms with E-state index in [-0.39, 0.29) is 12.0 Å². The van der Waals surface area contributed by atoms with Gasteiger partial charge in [0.2, 0.25) is 0 Å². The molecule has 3 aliphatic rings. The fraction of sp³-hybridized carbons (Fsp3) is 0.682. The molecule has 5 heteroatoms. The molecule has 1 aromatic rings. The van der Waals surface area contributed by atoms with Crippen LogP contribution in [-0.2, 0) is 16.1 Å². The van der Waals surface area contributed by atoms with Crippen molar-refractivity contribution in [1.82, 2.24) is 14.7 Å². The number of carbonyl (C=O) groups is 1. The van der Waals surface area contributed by atoms with Gasteiger partial charge < -0.3 is 9.64 Å². The zero-order valence-corrected chi connectivity index (χ0v) is 16.4. The van der Waals surface area contributed by atoms with Gasteiger partial charge >= 0.3 is 0 Å². The lowest BCUT2D eigenvalue weighted by Gasteiger charge is -2.43. The van der Waals surface area contributed by atoms with Gasteiger partial charge in [-0.05, 0) is 37.7 Å². The molecular formula is C22H33N3O2. The van der Waals surface area contributed by atoms with E-state index in [1.165, 1.54) is 5.56 Å². The van der Waals surface area contributed by atoms with Crippen LogP contribution in [0.5, 0.6) is 0 Å². The Kier molecular flexibility index (Phi) is 6.43. The summed E-state index contributed by atoms with van der Waals surface area (Å²) in [4.78, 5) is 19.9. The number of nitrogens with zero attached hydrogens (tertiary/aromatic N) is 3. The van der Waals surface area contributed by atoms with Crippen LogP contribution in [0.3, 0.4) is 0 Å². The highest BCUT2D eigenvalue weighted by Gasteiger charge is 2.32. The molecule has 0 aliphatic carbocycles. The topological polar surface area (TPSA) is 36.0 Å². The van der Waals surface area contributed by atoms with Crippen LogP contribution < -0.4 is 0 Å². The van der Waals surface area contributed by atoms with Crippen LogP contribution in [0.4, 0.5) is 0 Å². The van der Waals surface area contributed by atoms with Crippen molar-refractivity contribution in [1.29, 1.82) is 0 Å². The Morgan fingerprint density at radius 2 is 1.67 bits per heavy atom. The summed E-state index contributed by atoms with van der Waals surface area (Å²) in [6, 6.07) is 11.4. The van der Waals surface area contributed by atoms with Gasteiger partial charge in [-0.2, -0.15) is 0 Å². The van der Waals surface area contributed by atoms with E-state index < -0.39 is 0 Å². The summed E-state index contributed by atoms with van der Waals surface area (Å²) in [5.74, 6) is 0.237. The standard InChI is InChI=1S/C22H33N3O2/c26-22(21-8-4-5-17-27-21)25-11-9-20(10-12-25)24-15-13-23(14-16-24)18-19-6-2-1-3-7-19/h1-3,6-7,20-21H,4-5,8-18H2. The molecular weight excluding hydrogens is 338 g/mol. The third kappa shape index (κ3) is 4.89. The summed E-state index contributed by atoms with van der Waals surface area (Å²) in [5.41, 5.74) is 1.41. The fourth-order valence-electron chi connectivity index (χ4n) is 4.72. The zero-order valence-electron chi connectivity index (χ0n) is 16.4. The molecule has 1 atom stereocenters. The van der Waals surface area contributed by atoms with E-state index in [9.17, 15) is 4.79 Å². The molecule has 1 aromatic carbocycles. The van der Waals surface area contributed by atoms with E-state index in [1.54, 1.807) is 0 Å². The number of hydrogen-bond donors (Lipinski definition) is 0. The molecule has 3 fully saturated rings. The summed E-state index contributed by atoms with van der Waals surface area (Å²) in [6.07, 6.45) is 5.18. The van der Waals surface area contributed by atoms with Crippen molar-refractivity contribution in [2.45, 2.75) is 50.8 Å². The molecule has 0 radical (unpaired) electrons. The summed E-state index contributed by atoms with van der Waals surface area (Å²) in [5, 5.41) is 0. The van der Waals surface area contributed by atoms with Crippen LogP contribution in [0, 0.1) is 0 Å². The highest BCUT2D eigenvalue weighted by atomic mass is 16.5. The van der Waals surface area contributed by atoms with Gasteiger partial charge in [-0.15, -0.1) is 0 Å². The van der Waals surface area contributed by atoms with E-state index in [0.717, 1.165) is 84.5 Å². The van der Waals surface area contributed by atoms with Crippen LogP contribution in [-0.4, -0.2) is 78.6 Å². The first-order valence-electron chi connectivity index (χ1n) is 10.7. The summed E-state index contributed by atoms with van der Waals surface area (Å²) >= 11 is 0. The first-order chi connectivity index (χ1) is 13.3. The molecule has 27 heavy (non-hydrogen) atoms. The predicted molar refractivity (Wildman–Crippen MR) is 106 cm³/mol. The average molecular weight is 372 g/mol. The number of likely N-dealkylation sites (tertiary alicyclic amines) is 1. The molecule has 3 saturated heterocycles. The Bertz CT molecular complexity index is 587. The number of amides is 1. The number of piperazine rings is 1. The van der Waals surface area contributed by atoms with Crippen LogP contribution in [0.1, 0.15) is 37.7 Å². The quantitative estimate of drug-likeness (QED) is 0.814. The third-order valence-electron chi connectivity index (χ3n) is 6.40. The lowest BCUT2D eigenvalue weighted by atomic mass is 10.0. The maximum absolute atomic E-state index is 12.6. The Labute approximate surface area is 163 Å². The van der Waals surface area contributed by atoms with Crippen LogP contribution in [0.2, 0.25) is 0 Å². The Morgan fingerprint density at radius 3 is 2.33 bits per heavy atom. The summed E-state index contributed by atoms with van der Waals surface area (Å²) < 4.78 is 5.69. The minimum absolute atomic E-state index is 0.170. The lowest BCUT2D eigenvalue weighted by molar-refractivity contribution is -0.148. The zero-order chi connectivity index (χ0) is 18.5. The van der Waals surface area contributed by atoms with Crippen molar-refractivity contribution >= 4 is 5.91 Å². The molecule has 5 nitrogen and oxygen atoms in total. The minimum Gasteiger partial charge on any atom is -0.368 e. The molecule has 1 amide bonds. The van der Waals surface area contributed by atoms with Crippen LogP contribution in [0.25, 0.3) is 0 Å². The monoisotopic (exact) mass is 371 g/mol. The molecule has 0 aromatic heterocycles. The maximum Gasteiger partial charge on any atom is 0.251 e. The maximum atomic E-state index is 12.6. The first-order valence-corrected chi connectivity index (χ1v) is 10.7. The molecule has 3 heterocycles. The van der Waals surface area contributed by atoms with Gasteiger partial charge in [0.25, 0.3) is 5.91 Å². The van der Waals surface area contributed by atoms with Crippen molar-refractivity contribution in [3.8, 4) is 0 Å². The van der Waals surface area contributed by atoms with Gasteiger partial charge in [0.05, 0.1) is 0 Å². The van der Waals surface area contributed by atoms with Crippen molar-refractivity contribution in [2.75, 3.05) is 45.9 Å². The van der Waals surface area contributed by atoms with Gasteiger partial charge in [0.1, 0.15) is 6.10 Å². The molecule has 0 saturated carbocycles. The second kappa shape index (κ2) is 9.18. The first kappa shape index (κ1) is 18.9. The van der Waals surface area contributed by atoms with Gasteiger partial charge in [-0.3, -0.25) is 14.6 Å². The summed E-state index contributed by atoms with van der Waals surface area (Å²) in [6.45, 7) is 8.19. The number of benzene rings is 1. The Balaban J connectivity index is 1.20. The SMILES string of the molecule is O=C(C1CCCCO1)N1CCC(N2CCN(Cc3ccccc3)CC2)CC1. The second-order valence-corrected chi connectivity index (χ2v) is 8.21. The predicted octanol–water partition coefficient (Wildman–Crippen LogP) is 2.36. The number of ether oxygens (including phenoxy) is 1. The third-order valence-corrected chi connectivity index (χ3v) is 6.40. The molecule has 4 rings (SSSR count). The van der Waals surface area contributed by atoms with Crippen molar-refractivity contribution in [3.63, 3.8) is 0 Å². The Hall–Kier alpha value is -1.43. The van der Waals surface area contributed by atoms with E-state index in [1.807, 2.05) is 0 Å². The van der Waals surface area contributed by atoms with E-state index >= 15 is 0 Å². The normalized spacial score (nSPS) is 26.2. The van der Waals surface area contributed by atoms with E-state index in [4.69, 9.17) is 4.74 Å². The minimum atomic E-state index is -0.170. The van der Waals surface area contributed by atoms with Gasteiger partial charge in [-0.1, -0.05) is 30.3 Å². The van der Waals surface area contributed by atoms with Gasteiger partial charge in [0.15, 0.2) is 0 Å². The van der Waals surface area contributed by atoms with Crippen LogP contribution >= 0.6 is 0 Å². The second-order valence-electron chi connectivity index (χ2n) is 8.21. The molecule has 0 bridgehead atoms. The molecule has 148 valence electrons. The van der Waals surface area contributed by atoms with Crippen molar-refractivity contribution in [2.24, 2.45) is 0 Å². The van der Waals surface area contributed by atoms with E-state index in [2.05, 4.69) is 45.0 Å². The van der Waals surface area contributed by atoms with Crippen molar-refractivity contribution in [3.05, 3.63) is 35.9 Å². The molecule has 0 N–H and O–H groups in total. The number of rotatable bonds is 4.